The van der Waals surface area contributed by atoms with Gasteiger partial charge in [0.15, 0.2) is 0 Å². The summed E-state index contributed by atoms with van der Waals surface area (Å²) in [5.41, 5.74) is 2.26. The van der Waals surface area contributed by atoms with Crippen molar-refractivity contribution in [3.63, 3.8) is 0 Å². The quantitative estimate of drug-likeness (QED) is 0.332. The number of amides is 1. The molecule has 0 saturated carbocycles. The second-order valence-electron chi connectivity index (χ2n) is 8.16. The molecule has 0 fully saturated rings. The molecule has 8 nitrogen and oxygen atoms in total. The van der Waals surface area contributed by atoms with Gasteiger partial charge in [0.1, 0.15) is 17.8 Å². The van der Waals surface area contributed by atoms with E-state index in [1.54, 1.807) is 47.0 Å². The largest absolute Gasteiger partial charge is 0.573 e. The number of fused-ring (bicyclic) bond motifs is 1. The number of carbonyl (C=O) groups is 1. The number of hydrogen-bond acceptors (Lipinski definition) is 4. The van der Waals surface area contributed by atoms with Gasteiger partial charge in [0.2, 0.25) is 0 Å². The van der Waals surface area contributed by atoms with Crippen LogP contribution in [-0.2, 0) is 16.7 Å². The van der Waals surface area contributed by atoms with Gasteiger partial charge in [-0.25, -0.2) is 9.29 Å². The van der Waals surface area contributed by atoms with Crippen LogP contribution in [0.5, 0.6) is 5.75 Å². The van der Waals surface area contributed by atoms with Crippen molar-refractivity contribution < 1.29 is 26.9 Å². The molecule has 3 aromatic rings. The summed E-state index contributed by atoms with van der Waals surface area (Å²) in [4.78, 5) is 16.8. The highest BCUT2D eigenvalue weighted by atomic mass is 127. The number of rotatable bonds is 6. The molecule has 1 N–H and O–H groups in total. The molecule has 3 heterocycles. The zero-order valence-corrected chi connectivity index (χ0v) is 21.6. The van der Waals surface area contributed by atoms with Crippen molar-refractivity contribution in [1.29, 1.82) is 0 Å². The highest BCUT2D eigenvalue weighted by molar-refractivity contribution is 14.1. The van der Waals surface area contributed by atoms with Crippen LogP contribution in [0, 0.1) is 3.70 Å². The van der Waals surface area contributed by atoms with Crippen molar-refractivity contribution in [2.75, 3.05) is 26.9 Å². The molecule has 1 aromatic carbocycles. The third kappa shape index (κ3) is 4.73. The number of ether oxygens (including phenoxy) is 1. The normalized spacial score (nSPS) is 16.9. The second-order valence-corrected chi connectivity index (χ2v) is 12.1. The molecule has 0 spiro atoms. The summed E-state index contributed by atoms with van der Waals surface area (Å²) >= 11 is 2.10. The summed E-state index contributed by atoms with van der Waals surface area (Å²) in [6, 6.07) is 7.12. The van der Waals surface area contributed by atoms with Crippen molar-refractivity contribution in [3.05, 3.63) is 57.9 Å². The van der Waals surface area contributed by atoms with Gasteiger partial charge in [-0.3, -0.25) is 13.0 Å². The maximum atomic E-state index is 13.2. The Morgan fingerprint density at radius 3 is 2.74 bits per heavy atom. The number of hydrogen-bond donors (Lipinski definition) is 2. The van der Waals surface area contributed by atoms with Gasteiger partial charge < -0.3 is 14.6 Å². The lowest BCUT2D eigenvalue weighted by molar-refractivity contribution is -0.274. The molecule has 4 rings (SSSR count). The zero-order valence-electron chi connectivity index (χ0n) is 18.5. The number of nitrogens with zero attached hydrogens (tertiary/aromatic N) is 4. The van der Waals surface area contributed by atoms with Gasteiger partial charge >= 0.3 is 6.36 Å². The predicted molar refractivity (Wildman–Crippen MR) is 131 cm³/mol. The van der Waals surface area contributed by atoms with E-state index in [0.717, 1.165) is 5.69 Å². The standard InChI is InChI=1S/C21H23F3IN5O3S/c1-28(2)34(3,32)29-12-26-10-14(29)8-15-11-27-20(31)18-9-17(19(25)30(15)18)13-5-4-6-16(7-13)33-21(22,23)24/h4-7,9-10,12,15,34H,8,11H2,1-3H3,(H,27,31)/t15-/m0/s1. The van der Waals surface area contributed by atoms with Crippen molar-refractivity contribution in [3.8, 4) is 16.9 Å². The fourth-order valence-corrected chi connectivity index (χ4v) is 6.25. The molecule has 0 saturated heterocycles. The molecule has 0 aliphatic carbocycles. The van der Waals surface area contributed by atoms with Crippen LogP contribution in [0.3, 0.4) is 0 Å². The smallest absolute Gasteiger partial charge is 0.406 e. The molecule has 1 amide bonds. The SMILES string of the molecule is CN(C)[SH](C)(=O)n1cncc1C[C@H]1CNC(=O)c2cc(-c3cccc(OC(F)(F)F)c3)c(I)n21. The number of halogens is 4. The Kier molecular flexibility index (Phi) is 6.54. The Balaban J connectivity index is 1.72. The molecule has 0 unspecified atom stereocenters. The highest BCUT2D eigenvalue weighted by Crippen LogP contribution is 2.36. The average Bonchev–Trinajstić information content (AvgIpc) is 3.34. The molecule has 0 bridgehead atoms. The minimum Gasteiger partial charge on any atom is -0.406 e. The minimum atomic E-state index is -4.80. The number of thiol groups is 1. The van der Waals surface area contributed by atoms with Gasteiger partial charge in [-0.15, -0.1) is 13.2 Å². The first-order chi connectivity index (χ1) is 15.9. The van der Waals surface area contributed by atoms with Gasteiger partial charge in [0, 0.05) is 41.3 Å². The monoisotopic (exact) mass is 609 g/mol. The van der Waals surface area contributed by atoms with Gasteiger partial charge in [-0.2, -0.15) is 0 Å². The first-order valence-electron chi connectivity index (χ1n) is 10.2. The summed E-state index contributed by atoms with van der Waals surface area (Å²) in [7, 11) is 0.610. The number of imidazole rings is 1. The maximum Gasteiger partial charge on any atom is 0.573 e. The fraction of sp³-hybridized carbons (Fsp3) is 0.333. The van der Waals surface area contributed by atoms with Gasteiger partial charge in [0.05, 0.1) is 15.4 Å². The van der Waals surface area contributed by atoms with E-state index in [1.165, 1.54) is 24.5 Å². The molecule has 34 heavy (non-hydrogen) atoms. The summed E-state index contributed by atoms with van der Waals surface area (Å²) in [6.07, 6.45) is 0.493. The van der Waals surface area contributed by atoms with Crippen LogP contribution in [-0.4, -0.2) is 61.2 Å². The first kappa shape index (κ1) is 24.7. The molecule has 2 aromatic heterocycles. The van der Waals surface area contributed by atoms with Crippen LogP contribution in [0.25, 0.3) is 11.1 Å². The third-order valence-corrected chi connectivity index (χ3v) is 9.47. The van der Waals surface area contributed by atoms with E-state index in [1.807, 2.05) is 4.57 Å². The molecule has 0 radical (unpaired) electrons. The highest BCUT2D eigenvalue weighted by Gasteiger charge is 2.33. The lowest BCUT2D eigenvalue weighted by Crippen LogP contribution is -2.41. The fourth-order valence-electron chi connectivity index (χ4n) is 3.88. The van der Waals surface area contributed by atoms with Crippen LogP contribution >= 0.6 is 22.6 Å². The van der Waals surface area contributed by atoms with E-state index in [9.17, 15) is 22.2 Å². The molecule has 1 atom stereocenters. The van der Waals surface area contributed by atoms with Gasteiger partial charge in [-0.05, 0) is 60.4 Å². The van der Waals surface area contributed by atoms with Crippen LogP contribution < -0.4 is 10.1 Å². The Morgan fingerprint density at radius 1 is 1.32 bits per heavy atom. The van der Waals surface area contributed by atoms with Gasteiger partial charge in [0.25, 0.3) is 5.91 Å². The summed E-state index contributed by atoms with van der Waals surface area (Å²) < 4.78 is 61.2. The molecule has 1 aliphatic rings. The summed E-state index contributed by atoms with van der Waals surface area (Å²) in [5, 5.41) is 2.87. The molecule has 1 aliphatic heterocycles. The topological polar surface area (TPSA) is 81.4 Å². The number of carbonyl (C=O) groups excluding carboxylic acids is 1. The predicted octanol–water partition coefficient (Wildman–Crippen LogP) is 3.27. The maximum absolute atomic E-state index is 13.2. The Bertz CT molecular complexity index is 1290. The number of nitrogens with one attached hydrogen (secondary N) is 1. The van der Waals surface area contributed by atoms with Crippen LogP contribution in [0.1, 0.15) is 22.2 Å². The molecular formula is C21H23F3IN5O3S. The number of aromatic nitrogens is 3. The van der Waals surface area contributed by atoms with E-state index in [2.05, 4.69) is 37.6 Å². The van der Waals surface area contributed by atoms with Crippen molar-refractivity contribution >= 4 is 38.8 Å². The number of benzene rings is 1. The van der Waals surface area contributed by atoms with Crippen molar-refractivity contribution in [1.82, 2.24) is 23.1 Å². The van der Waals surface area contributed by atoms with E-state index in [0.29, 0.717) is 33.5 Å². The van der Waals surface area contributed by atoms with E-state index < -0.39 is 16.7 Å². The summed E-state index contributed by atoms with van der Waals surface area (Å²) in [6.45, 7) is 0.342. The Morgan fingerprint density at radius 2 is 2.06 bits per heavy atom. The van der Waals surface area contributed by atoms with Crippen molar-refractivity contribution in [2.24, 2.45) is 0 Å². The van der Waals surface area contributed by atoms with E-state index in [-0.39, 0.29) is 17.7 Å². The minimum absolute atomic E-state index is 0.208. The Hall–Kier alpha value is -2.39. The first-order valence-corrected chi connectivity index (χ1v) is 13.3. The summed E-state index contributed by atoms with van der Waals surface area (Å²) in [5.74, 6) is -0.608. The second kappa shape index (κ2) is 9.00. The van der Waals surface area contributed by atoms with Gasteiger partial charge in [-0.1, -0.05) is 12.1 Å². The van der Waals surface area contributed by atoms with Crippen LogP contribution in [0.4, 0.5) is 13.2 Å². The molecular weight excluding hydrogens is 586 g/mol. The zero-order chi connectivity index (χ0) is 24.8. The van der Waals surface area contributed by atoms with E-state index >= 15 is 0 Å². The Labute approximate surface area is 208 Å². The van der Waals surface area contributed by atoms with E-state index in [4.69, 9.17) is 0 Å². The molecule has 13 heteroatoms. The number of alkyl halides is 3. The lowest BCUT2D eigenvalue weighted by atomic mass is 10.1. The average molecular weight is 609 g/mol. The third-order valence-electron chi connectivity index (χ3n) is 5.73. The van der Waals surface area contributed by atoms with Crippen molar-refractivity contribution in [2.45, 2.75) is 18.8 Å². The lowest BCUT2D eigenvalue weighted by Gasteiger charge is -2.32. The van der Waals surface area contributed by atoms with Crippen LogP contribution in [0.15, 0.2) is 42.9 Å². The molecule has 184 valence electrons. The van der Waals surface area contributed by atoms with Crippen LogP contribution in [0.2, 0.25) is 0 Å².